The largest absolute Gasteiger partial charge is 0.359 e. The number of unbranched alkanes of at least 4 members (excludes halogenated alkanes) is 2. The number of carbonyl (C=O) groups excluding carboxylic acids is 2. The predicted molar refractivity (Wildman–Crippen MR) is 128 cm³/mol. The highest BCUT2D eigenvalue weighted by molar-refractivity contribution is 7.11. The molecular weight excluding hydrogens is 438 g/mol. The van der Waals surface area contributed by atoms with Gasteiger partial charge in [-0.1, -0.05) is 18.9 Å². The fourth-order valence-corrected chi connectivity index (χ4v) is 4.28. The van der Waals surface area contributed by atoms with E-state index in [0.717, 1.165) is 41.4 Å². The van der Waals surface area contributed by atoms with Crippen molar-refractivity contribution < 1.29 is 9.59 Å². The molecule has 1 aromatic carbocycles. The molecule has 4 aromatic rings. The van der Waals surface area contributed by atoms with Crippen molar-refractivity contribution in [3.8, 4) is 11.3 Å². The number of aromatic nitrogens is 5. The van der Waals surface area contributed by atoms with Gasteiger partial charge in [-0.15, -0.1) is 11.3 Å². The number of amides is 2. The molecule has 0 fully saturated rings. The van der Waals surface area contributed by atoms with Crippen molar-refractivity contribution in [3.63, 3.8) is 0 Å². The number of fused-ring (bicyclic) bond motifs is 1. The van der Waals surface area contributed by atoms with Gasteiger partial charge in [0.25, 0.3) is 5.91 Å². The number of benzene rings is 1. The summed E-state index contributed by atoms with van der Waals surface area (Å²) >= 11 is 1.30. The van der Waals surface area contributed by atoms with Gasteiger partial charge in [-0.3, -0.25) is 19.3 Å². The summed E-state index contributed by atoms with van der Waals surface area (Å²) in [6.45, 7) is 0. The van der Waals surface area contributed by atoms with Gasteiger partial charge in [0, 0.05) is 31.5 Å². The lowest BCUT2D eigenvalue weighted by Gasteiger charge is -2.16. The van der Waals surface area contributed by atoms with Gasteiger partial charge in [-0.25, -0.2) is 4.98 Å². The number of imidazole rings is 1. The van der Waals surface area contributed by atoms with Crippen LogP contribution in [-0.4, -0.2) is 43.6 Å². The van der Waals surface area contributed by atoms with Crippen LogP contribution in [0.15, 0.2) is 42.3 Å². The van der Waals surface area contributed by atoms with Gasteiger partial charge in [0.2, 0.25) is 5.91 Å². The molecule has 3 heterocycles. The van der Waals surface area contributed by atoms with Crippen molar-refractivity contribution in [3.05, 3.63) is 53.0 Å². The monoisotopic (exact) mass is 465 g/mol. The minimum Gasteiger partial charge on any atom is -0.359 e. The standard InChI is InChI=1S/C23H27N7O2S/c1-24-21(31)7-5-3-4-6-17(29-23(32)20-13-25-14-33-20)22-26-12-18(28-22)15-8-9-19-16(10-15)11-27-30(19)2/h8-14,17H,3-7H2,1-2H3,(H,24,31)(H,26,28)(H,29,32)/t17-/m0/s1. The second-order valence-corrected chi connectivity index (χ2v) is 8.77. The maximum absolute atomic E-state index is 12.7. The number of aryl methyl sites for hydroxylation is 1. The van der Waals surface area contributed by atoms with E-state index < -0.39 is 0 Å². The normalized spacial score (nSPS) is 12.1. The molecule has 172 valence electrons. The van der Waals surface area contributed by atoms with Crippen molar-refractivity contribution in [2.75, 3.05) is 7.05 Å². The Hall–Kier alpha value is -3.53. The summed E-state index contributed by atoms with van der Waals surface area (Å²) in [5, 5.41) is 11.1. The quantitative estimate of drug-likeness (QED) is 0.309. The Bertz CT molecular complexity index is 1230. The van der Waals surface area contributed by atoms with Crippen LogP contribution in [0.4, 0.5) is 0 Å². The molecule has 2 amide bonds. The van der Waals surface area contributed by atoms with E-state index in [1.807, 2.05) is 30.1 Å². The molecule has 0 bridgehead atoms. The number of carbonyl (C=O) groups is 2. The van der Waals surface area contributed by atoms with Gasteiger partial charge in [0.05, 0.1) is 41.4 Å². The number of nitrogens with one attached hydrogen (secondary N) is 3. The second kappa shape index (κ2) is 10.4. The fraction of sp³-hybridized carbons (Fsp3) is 0.348. The van der Waals surface area contributed by atoms with E-state index >= 15 is 0 Å². The number of aromatic amines is 1. The molecule has 0 saturated heterocycles. The molecule has 4 rings (SSSR count). The smallest absolute Gasteiger partial charge is 0.263 e. The molecule has 10 heteroatoms. The zero-order valence-electron chi connectivity index (χ0n) is 18.7. The van der Waals surface area contributed by atoms with Gasteiger partial charge < -0.3 is 15.6 Å². The number of thiazole rings is 1. The number of hydrogen-bond acceptors (Lipinski definition) is 6. The van der Waals surface area contributed by atoms with E-state index in [1.54, 1.807) is 25.0 Å². The SMILES string of the molecule is CNC(=O)CCCCC[C@H](NC(=O)c1cncs1)c1ncc(-c2ccc3c(cnn3C)c2)[nH]1. The zero-order valence-corrected chi connectivity index (χ0v) is 19.5. The molecule has 0 aliphatic rings. The molecule has 0 radical (unpaired) electrons. The van der Waals surface area contributed by atoms with E-state index in [9.17, 15) is 9.59 Å². The van der Waals surface area contributed by atoms with Gasteiger partial charge in [-0.2, -0.15) is 5.10 Å². The summed E-state index contributed by atoms with van der Waals surface area (Å²) in [6.07, 6.45) is 9.00. The van der Waals surface area contributed by atoms with Crippen LogP contribution in [0.1, 0.15) is 53.6 Å². The molecule has 3 N–H and O–H groups in total. The maximum Gasteiger partial charge on any atom is 0.263 e. The van der Waals surface area contributed by atoms with Crippen LogP contribution in [0.2, 0.25) is 0 Å². The Labute approximate surface area is 195 Å². The number of H-pyrrole nitrogens is 1. The van der Waals surface area contributed by atoms with Gasteiger partial charge in [-0.05, 0) is 25.0 Å². The van der Waals surface area contributed by atoms with E-state index in [1.165, 1.54) is 11.3 Å². The Morgan fingerprint density at radius 1 is 1.18 bits per heavy atom. The lowest BCUT2D eigenvalue weighted by molar-refractivity contribution is -0.120. The highest BCUT2D eigenvalue weighted by Gasteiger charge is 2.20. The first kappa shape index (κ1) is 22.7. The summed E-state index contributed by atoms with van der Waals surface area (Å²) in [7, 11) is 3.56. The van der Waals surface area contributed by atoms with Crippen molar-refractivity contribution in [2.45, 2.75) is 38.1 Å². The molecule has 1 atom stereocenters. The summed E-state index contributed by atoms with van der Waals surface area (Å²) in [5.74, 6) is 0.592. The molecule has 0 aliphatic carbocycles. The summed E-state index contributed by atoms with van der Waals surface area (Å²) in [6, 6.07) is 5.87. The second-order valence-electron chi connectivity index (χ2n) is 7.89. The number of rotatable bonds is 10. The third kappa shape index (κ3) is 5.46. The Morgan fingerprint density at radius 2 is 2.06 bits per heavy atom. The van der Waals surface area contributed by atoms with Gasteiger partial charge in [0.1, 0.15) is 10.7 Å². The number of hydrogen-bond donors (Lipinski definition) is 3. The fourth-order valence-electron chi connectivity index (χ4n) is 3.76. The van der Waals surface area contributed by atoms with E-state index in [2.05, 4.69) is 36.8 Å². The Morgan fingerprint density at radius 3 is 2.85 bits per heavy atom. The van der Waals surface area contributed by atoms with Crippen molar-refractivity contribution in [1.82, 2.24) is 35.4 Å². The molecular formula is C23H27N7O2S. The summed E-state index contributed by atoms with van der Waals surface area (Å²) < 4.78 is 1.84. The first-order valence-corrected chi connectivity index (χ1v) is 11.8. The van der Waals surface area contributed by atoms with Crippen LogP contribution in [0.5, 0.6) is 0 Å². The van der Waals surface area contributed by atoms with Crippen molar-refractivity contribution in [1.29, 1.82) is 0 Å². The lowest BCUT2D eigenvalue weighted by Crippen LogP contribution is -2.28. The average molecular weight is 466 g/mol. The maximum atomic E-state index is 12.7. The Balaban J connectivity index is 1.48. The Kier molecular flexibility index (Phi) is 7.13. The molecule has 3 aromatic heterocycles. The minimum absolute atomic E-state index is 0.0475. The van der Waals surface area contributed by atoms with E-state index in [4.69, 9.17) is 0 Å². The van der Waals surface area contributed by atoms with Crippen LogP contribution in [-0.2, 0) is 11.8 Å². The minimum atomic E-state index is -0.268. The molecule has 9 nitrogen and oxygen atoms in total. The molecule has 0 saturated carbocycles. The van der Waals surface area contributed by atoms with Crippen LogP contribution in [0.3, 0.4) is 0 Å². The third-order valence-corrected chi connectivity index (χ3v) is 6.39. The predicted octanol–water partition coefficient (Wildman–Crippen LogP) is 3.59. The van der Waals surface area contributed by atoms with Gasteiger partial charge in [0.15, 0.2) is 0 Å². The van der Waals surface area contributed by atoms with Crippen LogP contribution >= 0.6 is 11.3 Å². The zero-order chi connectivity index (χ0) is 23.2. The molecule has 0 spiro atoms. The summed E-state index contributed by atoms with van der Waals surface area (Å²) in [5.41, 5.74) is 4.59. The van der Waals surface area contributed by atoms with Crippen LogP contribution in [0.25, 0.3) is 22.2 Å². The third-order valence-electron chi connectivity index (χ3n) is 5.62. The van der Waals surface area contributed by atoms with Crippen LogP contribution < -0.4 is 10.6 Å². The van der Waals surface area contributed by atoms with Crippen molar-refractivity contribution >= 4 is 34.1 Å². The summed E-state index contributed by atoms with van der Waals surface area (Å²) in [4.78, 5) is 36.7. The topological polar surface area (TPSA) is 118 Å². The van der Waals surface area contributed by atoms with Crippen molar-refractivity contribution in [2.24, 2.45) is 7.05 Å². The first-order valence-electron chi connectivity index (χ1n) is 10.9. The first-order chi connectivity index (χ1) is 16.0. The molecule has 33 heavy (non-hydrogen) atoms. The lowest BCUT2D eigenvalue weighted by atomic mass is 10.1. The average Bonchev–Trinajstić information content (AvgIpc) is 3.59. The number of nitrogens with zero attached hydrogens (tertiary/aromatic N) is 4. The highest BCUT2D eigenvalue weighted by atomic mass is 32.1. The highest BCUT2D eigenvalue weighted by Crippen LogP contribution is 2.26. The van der Waals surface area contributed by atoms with E-state index in [0.29, 0.717) is 23.5 Å². The van der Waals surface area contributed by atoms with Gasteiger partial charge >= 0.3 is 0 Å². The van der Waals surface area contributed by atoms with Crippen LogP contribution in [0, 0.1) is 0 Å². The van der Waals surface area contributed by atoms with E-state index in [-0.39, 0.29) is 17.9 Å². The molecule has 0 aliphatic heterocycles. The molecule has 0 unspecified atom stereocenters.